The minimum Gasteiger partial charge on any atom is -0.421 e. The molecule has 32 heavy (non-hydrogen) atoms. The molecule has 0 radical (unpaired) electrons. The van der Waals surface area contributed by atoms with Crippen LogP contribution >= 0.6 is 11.6 Å². The molecule has 4 rings (SSSR count). The van der Waals surface area contributed by atoms with E-state index in [0.29, 0.717) is 29.4 Å². The third kappa shape index (κ3) is 5.57. The van der Waals surface area contributed by atoms with Gasteiger partial charge in [0.1, 0.15) is 0 Å². The zero-order chi connectivity index (χ0) is 22.3. The number of anilines is 1. The van der Waals surface area contributed by atoms with Crippen molar-refractivity contribution in [2.45, 2.75) is 20.0 Å². The Morgan fingerprint density at radius 1 is 0.781 bits per heavy atom. The Balaban J connectivity index is 1.69. The summed E-state index contributed by atoms with van der Waals surface area (Å²) >= 11 is 6.06. The highest BCUT2D eigenvalue weighted by molar-refractivity contribution is 6.30. The lowest BCUT2D eigenvalue weighted by molar-refractivity contribution is 0.0735. The number of esters is 1. The largest absolute Gasteiger partial charge is 0.421 e. The van der Waals surface area contributed by atoms with Crippen LogP contribution < -0.4 is 9.64 Å². The molecule has 0 atom stereocenters. The van der Waals surface area contributed by atoms with Crippen molar-refractivity contribution in [1.29, 1.82) is 0 Å². The third-order valence-corrected chi connectivity index (χ3v) is 5.39. The highest BCUT2D eigenvalue weighted by Gasteiger charge is 2.18. The molecule has 4 aromatic carbocycles. The van der Waals surface area contributed by atoms with Gasteiger partial charge in [0.15, 0.2) is 5.75 Å². The molecule has 0 saturated heterocycles. The van der Waals surface area contributed by atoms with E-state index in [1.807, 2.05) is 55.5 Å². The van der Waals surface area contributed by atoms with Gasteiger partial charge in [-0.25, -0.2) is 4.79 Å². The molecule has 0 aliphatic rings. The number of carbonyl (C=O) groups is 1. The summed E-state index contributed by atoms with van der Waals surface area (Å²) < 4.78 is 5.86. The topological polar surface area (TPSA) is 29.5 Å². The Labute approximate surface area is 193 Å². The van der Waals surface area contributed by atoms with Crippen molar-refractivity contribution in [3.63, 3.8) is 0 Å². The molecule has 4 heteroatoms. The molecule has 4 aromatic rings. The molecular weight excluding hydrogens is 418 g/mol. The molecule has 0 aliphatic carbocycles. The third-order valence-electron chi connectivity index (χ3n) is 5.15. The number of hydrogen-bond acceptors (Lipinski definition) is 3. The fourth-order valence-electron chi connectivity index (χ4n) is 3.57. The van der Waals surface area contributed by atoms with Crippen LogP contribution in [0.5, 0.6) is 5.75 Å². The molecule has 0 bridgehead atoms. The van der Waals surface area contributed by atoms with Crippen molar-refractivity contribution in [3.05, 3.63) is 130 Å². The molecule has 0 unspecified atom stereocenters. The van der Waals surface area contributed by atoms with Crippen LogP contribution in [-0.4, -0.2) is 5.97 Å². The van der Waals surface area contributed by atoms with Crippen LogP contribution in [0.3, 0.4) is 0 Å². The summed E-state index contributed by atoms with van der Waals surface area (Å²) in [5.41, 5.74) is 4.73. The van der Waals surface area contributed by atoms with E-state index in [1.165, 1.54) is 11.1 Å². The first-order valence-electron chi connectivity index (χ1n) is 10.5. The van der Waals surface area contributed by atoms with Gasteiger partial charge in [0.2, 0.25) is 0 Å². The zero-order valence-corrected chi connectivity index (χ0v) is 18.6. The van der Waals surface area contributed by atoms with E-state index in [0.717, 1.165) is 11.3 Å². The lowest BCUT2D eigenvalue weighted by Gasteiger charge is -2.27. The van der Waals surface area contributed by atoms with E-state index in [2.05, 4.69) is 35.2 Å². The molecule has 0 N–H and O–H groups in total. The van der Waals surface area contributed by atoms with Crippen LogP contribution in [0.1, 0.15) is 27.0 Å². The van der Waals surface area contributed by atoms with Gasteiger partial charge in [-0.1, -0.05) is 84.4 Å². The molecule has 3 nitrogen and oxygen atoms in total. The Bertz CT molecular complexity index is 1150. The Morgan fingerprint density at radius 3 is 2.00 bits per heavy atom. The first-order valence-corrected chi connectivity index (χ1v) is 10.9. The monoisotopic (exact) mass is 441 g/mol. The van der Waals surface area contributed by atoms with Gasteiger partial charge in [-0.2, -0.15) is 0 Å². The van der Waals surface area contributed by atoms with Crippen molar-refractivity contribution in [1.82, 2.24) is 0 Å². The van der Waals surface area contributed by atoms with Crippen LogP contribution in [0.25, 0.3) is 0 Å². The Hall–Kier alpha value is -3.56. The lowest BCUT2D eigenvalue weighted by atomic mass is 10.1. The highest BCUT2D eigenvalue weighted by atomic mass is 35.5. The van der Waals surface area contributed by atoms with Crippen molar-refractivity contribution < 1.29 is 9.53 Å². The first kappa shape index (κ1) is 21.7. The Kier molecular flexibility index (Phi) is 6.88. The van der Waals surface area contributed by atoms with Gasteiger partial charge in [0.25, 0.3) is 0 Å². The number of rotatable bonds is 7. The maximum atomic E-state index is 12.8. The van der Waals surface area contributed by atoms with Crippen LogP contribution in [0, 0.1) is 6.92 Å². The van der Waals surface area contributed by atoms with Gasteiger partial charge < -0.3 is 9.64 Å². The number of benzene rings is 4. The van der Waals surface area contributed by atoms with E-state index < -0.39 is 5.97 Å². The van der Waals surface area contributed by atoms with Crippen molar-refractivity contribution in [2.75, 3.05) is 4.90 Å². The summed E-state index contributed by atoms with van der Waals surface area (Å²) in [6.45, 7) is 3.40. The first-order chi connectivity index (χ1) is 15.6. The van der Waals surface area contributed by atoms with Gasteiger partial charge in [0.05, 0.1) is 11.3 Å². The number of hydrogen-bond donors (Lipinski definition) is 0. The zero-order valence-electron chi connectivity index (χ0n) is 17.9. The normalized spacial score (nSPS) is 10.6. The van der Waals surface area contributed by atoms with Gasteiger partial charge in [0, 0.05) is 18.1 Å². The van der Waals surface area contributed by atoms with E-state index in [-0.39, 0.29) is 0 Å². The van der Waals surface area contributed by atoms with Gasteiger partial charge in [-0.15, -0.1) is 0 Å². The smallest absolute Gasteiger partial charge is 0.343 e. The lowest BCUT2D eigenvalue weighted by Crippen LogP contribution is -2.23. The summed E-state index contributed by atoms with van der Waals surface area (Å²) in [6, 6.07) is 33.2. The average molecular weight is 442 g/mol. The average Bonchev–Trinajstić information content (AvgIpc) is 2.81. The van der Waals surface area contributed by atoms with Crippen LogP contribution in [0.15, 0.2) is 103 Å². The molecular formula is C28H24ClNO2. The molecule has 0 spiro atoms. The van der Waals surface area contributed by atoms with Crippen LogP contribution in [0.4, 0.5) is 5.69 Å². The van der Waals surface area contributed by atoms with Crippen LogP contribution in [-0.2, 0) is 13.1 Å². The summed E-state index contributed by atoms with van der Waals surface area (Å²) in [5.74, 6) is 0.0874. The SMILES string of the molecule is Cc1ccc(OC(=O)c2cccc(Cl)c2)c(N(Cc2ccccc2)Cc2ccccc2)c1. The number of ether oxygens (including phenoxy) is 1. The van der Waals surface area contributed by atoms with Crippen molar-refractivity contribution >= 4 is 23.3 Å². The fourth-order valence-corrected chi connectivity index (χ4v) is 3.76. The minimum absolute atomic E-state index is 0.418. The number of aryl methyl sites for hydroxylation is 1. The standard InChI is InChI=1S/C28H24ClNO2/c1-21-15-16-27(32-28(31)24-13-8-14-25(29)18-24)26(17-21)30(19-22-9-4-2-5-10-22)20-23-11-6-3-7-12-23/h2-18H,19-20H2,1H3. The second-order valence-electron chi connectivity index (χ2n) is 7.70. The van der Waals surface area contributed by atoms with E-state index in [1.54, 1.807) is 24.3 Å². The summed E-state index contributed by atoms with van der Waals surface area (Å²) in [7, 11) is 0. The molecule has 0 aromatic heterocycles. The molecule has 0 fully saturated rings. The van der Waals surface area contributed by atoms with Gasteiger partial charge in [-0.3, -0.25) is 0 Å². The van der Waals surface area contributed by atoms with E-state index in [9.17, 15) is 4.79 Å². The number of nitrogens with zero attached hydrogens (tertiary/aromatic N) is 1. The predicted molar refractivity (Wildman–Crippen MR) is 130 cm³/mol. The van der Waals surface area contributed by atoms with Crippen molar-refractivity contribution in [3.8, 4) is 5.75 Å². The second kappa shape index (κ2) is 10.2. The summed E-state index contributed by atoms with van der Waals surface area (Å²) in [6.07, 6.45) is 0. The maximum absolute atomic E-state index is 12.8. The Morgan fingerprint density at radius 2 is 1.41 bits per heavy atom. The van der Waals surface area contributed by atoms with Crippen LogP contribution in [0.2, 0.25) is 5.02 Å². The second-order valence-corrected chi connectivity index (χ2v) is 8.13. The predicted octanol–water partition coefficient (Wildman–Crippen LogP) is 7.07. The highest BCUT2D eigenvalue weighted by Crippen LogP contribution is 2.33. The van der Waals surface area contributed by atoms with E-state index in [4.69, 9.17) is 16.3 Å². The summed E-state index contributed by atoms with van der Waals surface area (Å²) in [4.78, 5) is 15.1. The minimum atomic E-state index is -0.433. The summed E-state index contributed by atoms with van der Waals surface area (Å²) in [5, 5.41) is 0.498. The van der Waals surface area contributed by atoms with E-state index >= 15 is 0 Å². The number of halogens is 1. The molecule has 160 valence electrons. The molecule has 0 saturated carbocycles. The fraction of sp³-hybridized carbons (Fsp3) is 0.107. The van der Waals surface area contributed by atoms with Gasteiger partial charge in [-0.05, 0) is 53.9 Å². The van der Waals surface area contributed by atoms with Crippen molar-refractivity contribution in [2.24, 2.45) is 0 Å². The van der Waals surface area contributed by atoms with Gasteiger partial charge >= 0.3 is 5.97 Å². The maximum Gasteiger partial charge on any atom is 0.343 e. The molecule has 0 heterocycles. The molecule has 0 amide bonds. The quantitative estimate of drug-likeness (QED) is 0.227. The number of carbonyl (C=O) groups excluding carboxylic acids is 1. The molecule has 0 aliphatic heterocycles.